The van der Waals surface area contributed by atoms with Crippen molar-refractivity contribution in [2.75, 3.05) is 33.4 Å². The van der Waals surface area contributed by atoms with Crippen LogP contribution in [0, 0.1) is 11.3 Å². The number of hydrogen-bond acceptors (Lipinski definition) is 5. The Labute approximate surface area is 166 Å². The van der Waals surface area contributed by atoms with Crippen LogP contribution in [0.2, 0.25) is 0 Å². The minimum absolute atomic E-state index is 0.0588. The highest BCUT2D eigenvalue weighted by Crippen LogP contribution is 2.47. The minimum atomic E-state index is -0.690. The smallest absolute Gasteiger partial charge is 0.283 e. The van der Waals surface area contributed by atoms with Gasteiger partial charge in [0.15, 0.2) is 17.5 Å². The van der Waals surface area contributed by atoms with Gasteiger partial charge >= 0.3 is 0 Å². The van der Waals surface area contributed by atoms with Crippen LogP contribution in [0.3, 0.4) is 0 Å². The number of methoxy groups -OCH3 is 1. The highest BCUT2D eigenvalue weighted by Gasteiger charge is 2.49. The van der Waals surface area contributed by atoms with E-state index in [0.29, 0.717) is 37.1 Å². The van der Waals surface area contributed by atoms with Gasteiger partial charge in [0.1, 0.15) is 6.61 Å². The zero-order chi connectivity index (χ0) is 20.5. The Morgan fingerprint density at radius 3 is 2.68 bits per heavy atom. The average molecular weight is 394 g/mol. The summed E-state index contributed by atoms with van der Waals surface area (Å²) in [6.45, 7) is 5.06. The summed E-state index contributed by atoms with van der Waals surface area (Å²) in [5.74, 6) is 1.78. The van der Waals surface area contributed by atoms with E-state index < -0.39 is 17.6 Å². The Balaban J connectivity index is 1.88. The summed E-state index contributed by atoms with van der Waals surface area (Å²) in [4.78, 5) is 14.3. The number of carbonyl (C=O) groups is 1. The third-order valence-corrected chi connectivity index (χ3v) is 6.33. The van der Waals surface area contributed by atoms with Gasteiger partial charge in [-0.2, -0.15) is 0 Å². The van der Waals surface area contributed by atoms with Crippen LogP contribution in [-0.2, 0) is 4.79 Å². The number of hydrogen-bond donors (Lipinski definition) is 3. The molecule has 1 aromatic rings. The van der Waals surface area contributed by atoms with Crippen LogP contribution in [0.5, 0.6) is 11.5 Å². The summed E-state index contributed by atoms with van der Waals surface area (Å²) in [6.07, 6.45) is 1.81. The van der Waals surface area contributed by atoms with E-state index in [1.807, 2.05) is 25.1 Å². The molecule has 2 aliphatic rings. The van der Waals surface area contributed by atoms with Crippen molar-refractivity contribution in [1.82, 2.24) is 4.90 Å². The summed E-state index contributed by atoms with van der Waals surface area (Å²) in [5.41, 5.74) is 4.24. The Morgan fingerprint density at radius 2 is 2.11 bits per heavy atom. The van der Waals surface area contributed by atoms with Gasteiger partial charge in [-0.15, -0.1) is 0 Å². The van der Waals surface area contributed by atoms with E-state index in [4.69, 9.17) is 9.47 Å². The number of amides is 1. The molecule has 1 amide bonds. The molecule has 156 valence electrons. The van der Waals surface area contributed by atoms with E-state index in [1.165, 1.54) is 12.8 Å². The fourth-order valence-corrected chi connectivity index (χ4v) is 3.94. The molecule has 0 radical (unpaired) electrons. The molecule has 28 heavy (non-hydrogen) atoms. The first-order valence-corrected chi connectivity index (χ1v) is 10.0. The van der Waals surface area contributed by atoms with Crippen LogP contribution in [0.15, 0.2) is 18.2 Å². The monoisotopic (exact) mass is 393 g/mol. The number of rotatable bonds is 8. The predicted molar refractivity (Wildman–Crippen MR) is 104 cm³/mol. The molecule has 5 N–H and O–H groups in total. The van der Waals surface area contributed by atoms with Gasteiger partial charge in [0.05, 0.1) is 19.8 Å². The third-order valence-electron chi connectivity index (χ3n) is 6.33. The molecule has 4 unspecified atom stereocenters. The topological polar surface area (TPSA) is 107 Å². The first-order chi connectivity index (χ1) is 13.3. The SMILES string of the molecule is COc1ccc(C2CN(C(=O)C([NH3+])CO)CC2(C)C(C)O)cc1OCC1CC1. The maximum atomic E-state index is 12.6. The second kappa shape index (κ2) is 8.27. The summed E-state index contributed by atoms with van der Waals surface area (Å²) in [7, 11) is 1.62. The average Bonchev–Trinajstić information content (AvgIpc) is 3.45. The molecule has 1 aliphatic heterocycles. The van der Waals surface area contributed by atoms with E-state index in [2.05, 4.69) is 5.73 Å². The zero-order valence-electron chi connectivity index (χ0n) is 17.1. The van der Waals surface area contributed by atoms with Gasteiger partial charge in [0.25, 0.3) is 5.91 Å². The van der Waals surface area contributed by atoms with Gasteiger partial charge < -0.3 is 30.3 Å². The van der Waals surface area contributed by atoms with E-state index in [9.17, 15) is 15.0 Å². The molecule has 4 atom stereocenters. The number of carbonyl (C=O) groups excluding carboxylic acids is 1. The zero-order valence-corrected chi connectivity index (χ0v) is 17.1. The Morgan fingerprint density at radius 1 is 1.39 bits per heavy atom. The van der Waals surface area contributed by atoms with Crippen LogP contribution in [0.25, 0.3) is 0 Å². The summed E-state index contributed by atoms with van der Waals surface area (Å²) in [6, 6.07) is 5.16. The lowest BCUT2D eigenvalue weighted by Crippen LogP contribution is -2.69. The molecule has 1 saturated carbocycles. The lowest BCUT2D eigenvalue weighted by Gasteiger charge is -2.34. The van der Waals surface area contributed by atoms with Gasteiger partial charge in [-0.05, 0) is 43.4 Å². The van der Waals surface area contributed by atoms with Crippen LogP contribution in [0.1, 0.15) is 38.2 Å². The summed E-state index contributed by atoms with van der Waals surface area (Å²) in [5, 5.41) is 19.8. The molecule has 0 bridgehead atoms. The minimum Gasteiger partial charge on any atom is -0.493 e. The fourth-order valence-electron chi connectivity index (χ4n) is 3.94. The lowest BCUT2D eigenvalue weighted by atomic mass is 9.72. The van der Waals surface area contributed by atoms with Gasteiger partial charge in [0.2, 0.25) is 0 Å². The van der Waals surface area contributed by atoms with Crippen LogP contribution >= 0.6 is 0 Å². The number of nitrogens with zero attached hydrogens (tertiary/aromatic N) is 1. The van der Waals surface area contributed by atoms with Crippen molar-refractivity contribution in [3.05, 3.63) is 23.8 Å². The predicted octanol–water partition coefficient (Wildman–Crippen LogP) is 0.400. The number of benzene rings is 1. The Kier molecular flexibility index (Phi) is 6.17. The Hall–Kier alpha value is -1.83. The highest BCUT2D eigenvalue weighted by molar-refractivity contribution is 5.81. The second-order valence-electron chi connectivity index (χ2n) is 8.50. The molecule has 1 aliphatic carbocycles. The number of quaternary nitrogens is 1. The van der Waals surface area contributed by atoms with Crippen molar-refractivity contribution in [1.29, 1.82) is 0 Å². The molecule has 3 rings (SSSR count). The summed E-state index contributed by atoms with van der Waals surface area (Å²) >= 11 is 0. The molecular weight excluding hydrogens is 360 g/mol. The maximum Gasteiger partial charge on any atom is 0.283 e. The maximum absolute atomic E-state index is 12.6. The number of ether oxygens (including phenoxy) is 2. The molecule has 2 fully saturated rings. The Bertz CT molecular complexity index is 706. The first kappa shape index (κ1) is 20.9. The molecule has 1 aromatic carbocycles. The van der Waals surface area contributed by atoms with Gasteiger partial charge in [0, 0.05) is 24.4 Å². The van der Waals surface area contributed by atoms with Gasteiger partial charge in [-0.3, -0.25) is 4.79 Å². The number of aliphatic hydroxyl groups is 2. The van der Waals surface area contributed by atoms with Crippen molar-refractivity contribution < 1.29 is 30.2 Å². The normalized spacial score (nSPS) is 26.8. The summed E-state index contributed by atoms with van der Waals surface area (Å²) < 4.78 is 11.4. The molecule has 0 aromatic heterocycles. The molecule has 7 nitrogen and oxygen atoms in total. The lowest BCUT2D eigenvalue weighted by molar-refractivity contribution is -0.410. The van der Waals surface area contributed by atoms with Crippen molar-refractivity contribution in [3.63, 3.8) is 0 Å². The van der Waals surface area contributed by atoms with E-state index in [0.717, 1.165) is 5.56 Å². The van der Waals surface area contributed by atoms with E-state index in [1.54, 1.807) is 18.9 Å². The highest BCUT2D eigenvalue weighted by atomic mass is 16.5. The van der Waals surface area contributed by atoms with Gasteiger partial charge in [-0.1, -0.05) is 13.0 Å². The first-order valence-electron chi connectivity index (χ1n) is 10.0. The molecule has 1 saturated heterocycles. The third kappa shape index (κ3) is 4.11. The van der Waals surface area contributed by atoms with Gasteiger partial charge in [-0.25, -0.2) is 0 Å². The molecule has 0 spiro atoms. The molecule has 1 heterocycles. The van der Waals surface area contributed by atoms with Crippen LogP contribution in [-0.4, -0.2) is 66.6 Å². The standard InChI is InChI=1S/C21H32N2O5/c1-13(25)21(2)12-23(20(26)17(22)10-24)9-16(21)15-6-7-18(27-3)19(8-15)28-11-14-4-5-14/h6-8,13-14,16-17,24-25H,4-5,9-12,22H2,1-3H3/p+1. The van der Waals surface area contributed by atoms with Crippen molar-refractivity contribution in [3.8, 4) is 11.5 Å². The quantitative estimate of drug-likeness (QED) is 0.593. The van der Waals surface area contributed by atoms with Crippen LogP contribution < -0.4 is 15.2 Å². The van der Waals surface area contributed by atoms with Crippen molar-refractivity contribution >= 4 is 5.91 Å². The fraction of sp³-hybridized carbons (Fsp3) is 0.667. The molecule has 7 heteroatoms. The number of likely N-dealkylation sites (tertiary alicyclic amines) is 1. The second-order valence-corrected chi connectivity index (χ2v) is 8.50. The largest absolute Gasteiger partial charge is 0.493 e. The van der Waals surface area contributed by atoms with E-state index >= 15 is 0 Å². The van der Waals surface area contributed by atoms with E-state index in [-0.39, 0.29) is 18.4 Å². The van der Waals surface area contributed by atoms with Crippen molar-refractivity contribution in [2.24, 2.45) is 11.3 Å². The molecular formula is C21H33N2O5+. The van der Waals surface area contributed by atoms with Crippen LogP contribution in [0.4, 0.5) is 0 Å². The number of aliphatic hydroxyl groups excluding tert-OH is 2. The van der Waals surface area contributed by atoms with Crippen molar-refractivity contribution in [2.45, 2.75) is 44.8 Å².